The highest BCUT2D eigenvalue weighted by atomic mass is 16.5. The molecule has 2 rings (SSSR count). The molecule has 1 unspecified atom stereocenters. The number of hydrogen-bond acceptors (Lipinski definition) is 6. The highest BCUT2D eigenvalue weighted by molar-refractivity contribution is 4.92. The standard InChI is InChI=1S/C12H21N3O3/c1-8(2)16-7-11-14-12(15-18-11)10(13)6-17-9-4-3-5-9/h8-10H,3-7,13H2,1-2H3. The SMILES string of the molecule is CC(C)OCc1nc(C(N)COC2CCC2)no1. The third kappa shape index (κ3) is 3.76. The summed E-state index contributed by atoms with van der Waals surface area (Å²) in [7, 11) is 0. The minimum absolute atomic E-state index is 0.135. The second kappa shape index (κ2) is 6.26. The Morgan fingerprint density at radius 1 is 1.44 bits per heavy atom. The summed E-state index contributed by atoms with van der Waals surface area (Å²) in [5.41, 5.74) is 5.94. The van der Waals surface area contributed by atoms with E-state index in [0.29, 0.717) is 31.0 Å². The van der Waals surface area contributed by atoms with Gasteiger partial charge in [-0.3, -0.25) is 0 Å². The van der Waals surface area contributed by atoms with Crippen LogP contribution < -0.4 is 5.73 Å². The molecule has 0 spiro atoms. The lowest BCUT2D eigenvalue weighted by Crippen LogP contribution is -2.27. The smallest absolute Gasteiger partial charge is 0.252 e. The van der Waals surface area contributed by atoms with Crippen LogP contribution in [0.4, 0.5) is 0 Å². The molecule has 18 heavy (non-hydrogen) atoms. The van der Waals surface area contributed by atoms with E-state index in [1.807, 2.05) is 13.8 Å². The molecule has 1 aromatic heterocycles. The van der Waals surface area contributed by atoms with E-state index in [9.17, 15) is 0 Å². The van der Waals surface area contributed by atoms with Crippen molar-refractivity contribution in [1.82, 2.24) is 10.1 Å². The van der Waals surface area contributed by atoms with Crippen LogP contribution in [-0.4, -0.2) is 29.0 Å². The number of hydrogen-bond donors (Lipinski definition) is 1. The van der Waals surface area contributed by atoms with Crippen molar-refractivity contribution in [2.24, 2.45) is 5.73 Å². The summed E-state index contributed by atoms with van der Waals surface area (Å²) in [6.45, 7) is 4.67. The maximum absolute atomic E-state index is 5.94. The molecule has 1 aliphatic rings. The average Bonchev–Trinajstić information content (AvgIpc) is 2.72. The molecule has 0 radical (unpaired) electrons. The molecular formula is C12H21N3O3. The molecule has 0 amide bonds. The van der Waals surface area contributed by atoms with Crippen molar-refractivity contribution in [3.8, 4) is 0 Å². The summed E-state index contributed by atoms with van der Waals surface area (Å²) < 4.78 is 16.1. The van der Waals surface area contributed by atoms with Crippen LogP contribution in [0.15, 0.2) is 4.52 Å². The van der Waals surface area contributed by atoms with Crippen LogP contribution in [0, 0.1) is 0 Å². The van der Waals surface area contributed by atoms with Gasteiger partial charge in [-0.25, -0.2) is 0 Å². The lowest BCUT2D eigenvalue weighted by Gasteiger charge is -2.26. The maximum Gasteiger partial charge on any atom is 0.252 e. The van der Waals surface area contributed by atoms with Gasteiger partial charge in [-0.05, 0) is 33.1 Å². The summed E-state index contributed by atoms with van der Waals surface area (Å²) >= 11 is 0. The minimum atomic E-state index is -0.331. The summed E-state index contributed by atoms with van der Waals surface area (Å²) in [6, 6.07) is -0.331. The number of nitrogens with two attached hydrogens (primary N) is 1. The molecule has 1 aliphatic carbocycles. The molecule has 102 valence electrons. The molecule has 1 aromatic rings. The average molecular weight is 255 g/mol. The fourth-order valence-electron chi connectivity index (χ4n) is 1.57. The molecule has 0 aromatic carbocycles. The first-order valence-electron chi connectivity index (χ1n) is 6.46. The summed E-state index contributed by atoms with van der Waals surface area (Å²) in [5.74, 6) is 0.939. The first-order valence-corrected chi connectivity index (χ1v) is 6.46. The third-order valence-electron chi connectivity index (χ3n) is 2.92. The third-order valence-corrected chi connectivity index (χ3v) is 2.92. The molecule has 6 nitrogen and oxygen atoms in total. The second-order valence-electron chi connectivity index (χ2n) is 4.90. The molecule has 0 saturated heterocycles. The lowest BCUT2D eigenvalue weighted by molar-refractivity contribution is -0.00549. The molecule has 2 N–H and O–H groups in total. The van der Waals surface area contributed by atoms with Crippen LogP contribution in [0.2, 0.25) is 0 Å². The van der Waals surface area contributed by atoms with Crippen LogP contribution >= 0.6 is 0 Å². The largest absolute Gasteiger partial charge is 0.376 e. The Bertz CT molecular complexity index is 363. The fourth-order valence-corrected chi connectivity index (χ4v) is 1.57. The van der Waals surface area contributed by atoms with Crippen molar-refractivity contribution >= 4 is 0 Å². The second-order valence-corrected chi connectivity index (χ2v) is 4.90. The van der Waals surface area contributed by atoms with Crippen molar-refractivity contribution in [3.63, 3.8) is 0 Å². The van der Waals surface area contributed by atoms with E-state index in [1.54, 1.807) is 0 Å². The number of nitrogens with zero attached hydrogens (tertiary/aromatic N) is 2. The van der Waals surface area contributed by atoms with Gasteiger partial charge in [0.15, 0.2) is 5.82 Å². The first kappa shape index (κ1) is 13.5. The van der Waals surface area contributed by atoms with E-state index in [0.717, 1.165) is 12.8 Å². The van der Waals surface area contributed by atoms with Gasteiger partial charge in [0.2, 0.25) is 0 Å². The Hall–Kier alpha value is -0.980. The van der Waals surface area contributed by atoms with Crippen LogP contribution in [-0.2, 0) is 16.1 Å². The van der Waals surface area contributed by atoms with Crippen LogP contribution in [0.1, 0.15) is 50.9 Å². The molecule has 1 atom stereocenters. The monoisotopic (exact) mass is 255 g/mol. The van der Waals surface area contributed by atoms with E-state index < -0.39 is 0 Å². The van der Waals surface area contributed by atoms with Gasteiger partial charge in [-0.15, -0.1) is 0 Å². The van der Waals surface area contributed by atoms with E-state index in [-0.39, 0.29) is 12.1 Å². The summed E-state index contributed by atoms with van der Waals surface area (Å²) in [6.07, 6.45) is 4.01. The Balaban J connectivity index is 1.76. The normalized spacial score (nSPS) is 18.0. The Labute approximate surface area is 107 Å². The zero-order valence-corrected chi connectivity index (χ0v) is 11.0. The van der Waals surface area contributed by atoms with Crippen molar-refractivity contribution in [2.75, 3.05) is 6.61 Å². The highest BCUT2D eigenvalue weighted by Crippen LogP contribution is 2.22. The summed E-state index contributed by atoms with van der Waals surface area (Å²) in [4.78, 5) is 4.20. The topological polar surface area (TPSA) is 83.4 Å². The zero-order valence-electron chi connectivity index (χ0n) is 11.0. The Morgan fingerprint density at radius 3 is 2.83 bits per heavy atom. The quantitative estimate of drug-likeness (QED) is 0.796. The van der Waals surface area contributed by atoms with Gasteiger partial charge in [0.1, 0.15) is 6.61 Å². The number of aromatic nitrogens is 2. The van der Waals surface area contributed by atoms with Crippen LogP contribution in [0.3, 0.4) is 0 Å². The van der Waals surface area contributed by atoms with E-state index in [1.165, 1.54) is 6.42 Å². The lowest BCUT2D eigenvalue weighted by atomic mass is 9.96. The van der Waals surface area contributed by atoms with Crippen molar-refractivity contribution < 1.29 is 14.0 Å². The zero-order chi connectivity index (χ0) is 13.0. The molecule has 1 heterocycles. The van der Waals surface area contributed by atoms with Gasteiger partial charge in [0, 0.05) is 0 Å². The maximum atomic E-state index is 5.94. The highest BCUT2D eigenvalue weighted by Gasteiger charge is 2.21. The number of ether oxygens (including phenoxy) is 2. The number of rotatable bonds is 7. The van der Waals surface area contributed by atoms with Crippen LogP contribution in [0.5, 0.6) is 0 Å². The van der Waals surface area contributed by atoms with E-state index in [4.69, 9.17) is 19.7 Å². The van der Waals surface area contributed by atoms with Gasteiger partial charge >= 0.3 is 0 Å². The van der Waals surface area contributed by atoms with Gasteiger partial charge in [0.25, 0.3) is 5.89 Å². The predicted molar refractivity (Wildman–Crippen MR) is 64.7 cm³/mol. The molecule has 0 bridgehead atoms. The van der Waals surface area contributed by atoms with Crippen LogP contribution in [0.25, 0.3) is 0 Å². The summed E-state index contributed by atoms with van der Waals surface area (Å²) in [5, 5.41) is 3.84. The van der Waals surface area contributed by atoms with Gasteiger partial charge in [-0.1, -0.05) is 5.16 Å². The van der Waals surface area contributed by atoms with E-state index >= 15 is 0 Å². The van der Waals surface area contributed by atoms with Gasteiger partial charge in [-0.2, -0.15) is 4.98 Å². The van der Waals surface area contributed by atoms with Crippen molar-refractivity contribution in [3.05, 3.63) is 11.7 Å². The fraction of sp³-hybridized carbons (Fsp3) is 0.833. The molecule has 6 heteroatoms. The molecular weight excluding hydrogens is 234 g/mol. The minimum Gasteiger partial charge on any atom is -0.376 e. The predicted octanol–water partition coefficient (Wildman–Crippen LogP) is 1.56. The van der Waals surface area contributed by atoms with Crippen molar-refractivity contribution in [1.29, 1.82) is 0 Å². The van der Waals surface area contributed by atoms with Gasteiger partial charge < -0.3 is 19.7 Å². The van der Waals surface area contributed by atoms with E-state index in [2.05, 4.69) is 10.1 Å². The molecule has 1 fully saturated rings. The molecule has 1 saturated carbocycles. The van der Waals surface area contributed by atoms with Gasteiger partial charge in [0.05, 0.1) is 24.9 Å². The Morgan fingerprint density at radius 2 is 2.22 bits per heavy atom. The Kier molecular flexibility index (Phi) is 4.68. The first-order chi connectivity index (χ1) is 8.65. The van der Waals surface area contributed by atoms with Crippen molar-refractivity contribution in [2.45, 2.75) is 58.0 Å². The molecule has 0 aliphatic heterocycles.